The Kier molecular flexibility index (Phi) is 3.08. The van der Waals surface area contributed by atoms with Crippen molar-refractivity contribution in [2.24, 2.45) is 11.5 Å². The lowest BCUT2D eigenvalue weighted by atomic mass is 9.69. The van der Waals surface area contributed by atoms with Crippen molar-refractivity contribution in [3.8, 4) is 11.8 Å². The van der Waals surface area contributed by atoms with Gasteiger partial charge in [0.15, 0.2) is 5.82 Å². The van der Waals surface area contributed by atoms with E-state index in [1.807, 2.05) is 6.07 Å². The molecule has 2 aliphatic rings. The fourth-order valence-corrected chi connectivity index (χ4v) is 3.74. The Balaban J connectivity index is 2.12. The lowest BCUT2D eigenvalue weighted by Crippen LogP contribution is -2.48. The van der Waals surface area contributed by atoms with Gasteiger partial charge in [-0.2, -0.15) is 10.4 Å². The van der Waals surface area contributed by atoms with E-state index < -0.39 is 17.2 Å². The van der Waals surface area contributed by atoms with Crippen LogP contribution < -0.4 is 21.1 Å². The molecule has 0 unspecified atom stereocenters. The van der Waals surface area contributed by atoms with Crippen molar-refractivity contribution in [2.45, 2.75) is 12.3 Å². The van der Waals surface area contributed by atoms with Crippen molar-refractivity contribution in [3.05, 3.63) is 52.5 Å². The van der Waals surface area contributed by atoms with Crippen LogP contribution in [0.15, 0.2) is 35.7 Å². The number of nitrogens with one attached hydrogen (secondary N) is 1. The van der Waals surface area contributed by atoms with Gasteiger partial charge in [-0.3, -0.25) is 19.6 Å². The Morgan fingerprint density at radius 3 is 2.88 bits per heavy atom. The number of aromatic nitrogens is 2. The van der Waals surface area contributed by atoms with Crippen LogP contribution in [0.2, 0.25) is 0 Å². The number of para-hydroxylation sites is 1. The van der Waals surface area contributed by atoms with Gasteiger partial charge in [-0.1, -0.05) is 18.2 Å². The number of primary amides is 1. The van der Waals surface area contributed by atoms with Crippen LogP contribution >= 0.6 is 0 Å². The van der Waals surface area contributed by atoms with Gasteiger partial charge in [0, 0.05) is 16.8 Å². The summed E-state index contributed by atoms with van der Waals surface area (Å²) in [5.41, 5.74) is 11.2. The molecule has 2 aliphatic heterocycles. The van der Waals surface area contributed by atoms with E-state index in [4.69, 9.17) is 16.2 Å². The Morgan fingerprint density at radius 2 is 2.19 bits per heavy atom. The summed E-state index contributed by atoms with van der Waals surface area (Å²) in [6, 6.07) is 8.85. The SMILES string of the molecule is Cc1[nH]nc2c1[C@]1(C(=O)N2CC(N)=O)C(C#N)=C(N)Oc2ccccc21. The molecule has 0 aliphatic carbocycles. The van der Waals surface area contributed by atoms with Crippen LogP contribution in [0.4, 0.5) is 5.82 Å². The molecule has 2 amide bonds. The number of rotatable bonds is 2. The van der Waals surface area contributed by atoms with Crippen molar-refractivity contribution in [2.75, 3.05) is 11.4 Å². The summed E-state index contributed by atoms with van der Waals surface area (Å²) in [7, 11) is 0. The lowest BCUT2D eigenvalue weighted by molar-refractivity contribution is -0.123. The van der Waals surface area contributed by atoms with Crippen molar-refractivity contribution >= 4 is 17.6 Å². The van der Waals surface area contributed by atoms with Gasteiger partial charge >= 0.3 is 0 Å². The second kappa shape index (κ2) is 5.10. The largest absolute Gasteiger partial charge is 0.440 e. The number of hydrogen-bond acceptors (Lipinski definition) is 6. The topological polar surface area (TPSA) is 151 Å². The standard InChI is InChI=1S/C17H14N6O3/c1-8-13-15(22-21-8)23(7-12(19)24)16(25)17(13)9-4-2-3-5-11(9)26-14(20)10(17)6-18/h2-5H,7,20H2,1H3,(H2,19,24)(H,21,22)/t17-/m1/s1. The maximum Gasteiger partial charge on any atom is 0.249 e. The van der Waals surface area contributed by atoms with Crippen molar-refractivity contribution in [1.29, 1.82) is 5.26 Å². The van der Waals surface area contributed by atoms with E-state index in [1.54, 1.807) is 31.2 Å². The monoisotopic (exact) mass is 350 g/mol. The molecule has 0 saturated heterocycles. The maximum absolute atomic E-state index is 13.5. The van der Waals surface area contributed by atoms with E-state index in [0.717, 1.165) is 0 Å². The Bertz CT molecular complexity index is 1050. The molecule has 3 heterocycles. The van der Waals surface area contributed by atoms with Gasteiger partial charge in [0.25, 0.3) is 0 Å². The zero-order valence-corrected chi connectivity index (χ0v) is 13.7. The molecule has 130 valence electrons. The first kappa shape index (κ1) is 15.7. The number of benzene rings is 1. The maximum atomic E-state index is 13.5. The smallest absolute Gasteiger partial charge is 0.249 e. The molecular weight excluding hydrogens is 336 g/mol. The van der Waals surface area contributed by atoms with E-state index >= 15 is 0 Å². The van der Waals surface area contributed by atoms with Gasteiger partial charge in [-0.05, 0) is 13.0 Å². The molecule has 9 nitrogen and oxygen atoms in total. The molecule has 0 bridgehead atoms. The second-order valence-corrected chi connectivity index (χ2v) is 6.10. The van der Waals surface area contributed by atoms with Crippen LogP contribution in [0.5, 0.6) is 5.75 Å². The van der Waals surface area contributed by atoms with Gasteiger partial charge < -0.3 is 16.2 Å². The molecule has 0 fully saturated rings. The van der Waals surface area contributed by atoms with E-state index in [9.17, 15) is 14.9 Å². The highest BCUT2D eigenvalue weighted by Crippen LogP contribution is 2.55. The van der Waals surface area contributed by atoms with E-state index in [2.05, 4.69) is 10.2 Å². The van der Waals surface area contributed by atoms with E-state index in [-0.39, 0.29) is 23.8 Å². The normalized spacial score (nSPS) is 20.6. The van der Waals surface area contributed by atoms with Crippen LogP contribution in [-0.2, 0) is 15.0 Å². The van der Waals surface area contributed by atoms with Crippen molar-refractivity contribution in [3.63, 3.8) is 0 Å². The number of carbonyl (C=O) groups is 2. The number of aryl methyl sites for hydroxylation is 1. The van der Waals surface area contributed by atoms with Crippen LogP contribution in [-0.4, -0.2) is 28.6 Å². The zero-order valence-electron chi connectivity index (χ0n) is 13.7. The second-order valence-electron chi connectivity index (χ2n) is 6.10. The summed E-state index contributed by atoms with van der Waals surface area (Å²) in [4.78, 5) is 26.2. The summed E-state index contributed by atoms with van der Waals surface area (Å²) >= 11 is 0. The third-order valence-corrected chi connectivity index (χ3v) is 4.68. The van der Waals surface area contributed by atoms with Gasteiger partial charge in [-0.15, -0.1) is 0 Å². The highest BCUT2D eigenvalue weighted by molar-refractivity contribution is 6.15. The van der Waals surface area contributed by atoms with Crippen molar-refractivity contribution < 1.29 is 14.3 Å². The number of H-pyrrole nitrogens is 1. The highest BCUT2D eigenvalue weighted by atomic mass is 16.5. The molecule has 9 heteroatoms. The molecule has 1 atom stereocenters. The van der Waals surface area contributed by atoms with Crippen LogP contribution in [0.1, 0.15) is 16.8 Å². The summed E-state index contributed by atoms with van der Waals surface area (Å²) in [6.07, 6.45) is 0. The Morgan fingerprint density at radius 1 is 1.46 bits per heavy atom. The molecule has 1 spiro atoms. The number of amides is 2. The van der Waals surface area contributed by atoms with Crippen LogP contribution in [0.3, 0.4) is 0 Å². The Hall–Kier alpha value is -3.80. The average Bonchev–Trinajstić information content (AvgIpc) is 3.08. The number of ether oxygens (including phenoxy) is 1. The number of nitrogens with two attached hydrogens (primary N) is 2. The summed E-state index contributed by atoms with van der Waals surface area (Å²) in [6.45, 7) is 1.37. The lowest BCUT2D eigenvalue weighted by Gasteiger charge is -2.34. The molecule has 1 aromatic carbocycles. The van der Waals surface area contributed by atoms with Crippen LogP contribution in [0.25, 0.3) is 0 Å². The predicted molar refractivity (Wildman–Crippen MR) is 89.5 cm³/mol. The van der Waals surface area contributed by atoms with E-state index in [1.165, 1.54) is 4.90 Å². The number of nitrogens with zero attached hydrogens (tertiary/aromatic N) is 3. The van der Waals surface area contributed by atoms with Gasteiger partial charge in [0.2, 0.25) is 17.7 Å². The summed E-state index contributed by atoms with van der Waals surface area (Å²) in [5.74, 6) is -0.751. The molecule has 0 saturated carbocycles. The van der Waals surface area contributed by atoms with E-state index in [0.29, 0.717) is 22.6 Å². The molecule has 5 N–H and O–H groups in total. The minimum Gasteiger partial charge on any atom is -0.440 e. The Labute approximate surface area is 147 Å². The third-order valence-electron chi connectivity index (χ3n) is 4.68. The fourth-order valence-electron chi connectivity index (χ4n) is 3.74. The number of nitriles is 1. The van der Waals surface area contributed by atoms with Gasteiger partial charge in [0.05, 0.1) is 0 Å². The highest BCUT2D eigenvalue weighted by Gasteiger charge is 2.61. The number of hydrogen-bond donors (Lipinski definition) is 3. The van der Waals surface area contributed by atoms with Crippen molar-refractivity contribution in [1.82, 2.24) is 10.2 Å². The third kappa shape index (κ3) is 1.70. The molecular formula is C17H14N6O3. The average molecular weight is 350 g/mol. The first-order valence-electron chi connectivity index (χ1n) is 7.76. The molecule has 2 aromatic rings. The first-order valence-corrected chi connectivity index (χ1v) is 7.76. The summed E-state index contributed by atoms with van der Waals surface area (Å²) in [5, 5.41) is 16.8. The van der Waals surface area contributed by atoms with Crippen LogP contribution in [0, 0.1) is 18.3 Å². The minimum atomic E-state index is -1.53. The van der Waals surface area contributed by atoms with Gasteiger partial charge in [0.1, 0.15) is 29.4 Å². The predicted octanol–water partition coefficient (Wildman–Crippen LogP) is -0.0776. The quantitative estimate of drug-likeness (QED) is 0.689. The molecule has 4 rings (SSSR count). The number of fused-ring (bicyclic) bond motifs is 4. The molecule has 1 aromatic heterocycles. The number of anilines is 1. The number of aromatic amines is 1. The zero-order chi connectivity index (χ0) is 18.6. The van der Waals surface area contributed by atoms with Gasteiger partial charge in [-0.25, -0.2) is 0 Å². The molecule has 0 radical (unpaired) electrons. The summed E-state index contributed by atoms with van der Waals surface area (Å²) < 4.78 is 5.56. The minimum absolute atomic E-state index is 0.0427. The number of carbonyl (C=O) groups excluding carboxylic acids is 2. The fraction of sp³-hybridized carbons (Fsp3) is 0.176. The first-order chi connectivity index (χ1) is 12.4. The molecule has 26 heavy (non-hydrogen) atoms.